The van der Waals surface area contributed by atoms with Crippen LogP contribution in [0.1, 0.15) is 32.9 Å². The predicted octanol–water partition coefficient (Wildman–Crippen LogP) is -2.77. The summed E-state index contributed by atoms with van der Waals surface area (Å²) in [4.78, 5) is 47.0. The molecule has 0 unspecified atom stereocenters. The van der Waals surface area contributed by atoms with Crippen LogP contribution in [0.4, 0.5) is 5.82 Å². The van der Waals surface area contributed by atoms with Gasteiger partial charge in [-0.05, 0) is 18.4 Å². The van der Waals surface area contributed by atoms with Crippen LogP contribution in [0.5, 0.6) is 0 Å². The van der Waals surface area contributed by atoms with Gasteiger partial charge in [0, 0.05) is 12.6 Å². The average molecular weight is 489 g/mol. The van der Waals surface area contributed by atoms with E-state index in [0.29, 0.717) is 0 Å². The van der Waals surface area contributed by atoms with E-state index in [1.165, 1.54) is 12.3 Å². The standard InChI is InChI=1S/C14H22N4O6.C5H9NO4/c1-6(2)9(16)13(21)23-5-7-10(19)11(20)12(24-7)18-4-3-8(15)17-14(18)22;6-3(5(9)10)1-2-4(7)8/h3-4,6-7,9-12,19-20H,5,16H2,1-2H3,(H2,15,17,22);3H,1-2,6H2,(H,7,8)(H,9,10)/t7-,9+,10-,11+,12-;3-/m11/s1. The fourth-order valence-electron chi connectivity index (χ4n) is 2.65. The summed E-state index contributed by atoms with van der Waals surface area (Å²) in [5.74, 6) is -2.91. The Balaban J connectivity index is 0.000000489. The highest BCUT2D eigenvalue weighted by molar-refractivity contribution is 5.75. The molecule has 1 aromatic heterocycles. The number of ether oxygens (including phenoxy) is 2. The van der Waals surface area contributed by atoms with Crippen LogP contribution in [0, 0.1) is 5.92 Å². The van der Waals surface area contributed by atoms with Crippen molar-refractivity contribution in [1.82, 2.24) is 9.55 Å². The third kappa shape index (κ3) is 8.35. The number of carboxylic acid groups (broad SMARTS) is 2. The number of carbonyl (C=O) groups excluding carboxylic acids is 1. The minimum Gasteiger partial charge on any atom is -0.481 e. The summed E-state index contributed by atoms with van der Waals surface area (Å²) in [6.45, 7) is 3.24. The number of aliphatic carboxylic acids is 2. The van der Waals surface area contributed by atoms with E-state index in [-0.39, 0.29) is 31.2 Å². The zero-order valence-electron chi connectivity index (χ0n) is 18.7. The van der Waals surface area contributed by atoms with Crippen LogP contribution in [-0.4, -0.2) is 84.9 Å². The van der Waals surface area contributed by atoms with Crippen LogP contribution in [0.15, 0.2) is 17.1 Å². The van der Waals surface area contributed by atoms with Crippen molar-refractivity contribution in [3.05, 3.63) is 22.7 Å². The summed E-state index contributed by atoms with van der Waals surface area (Å²) in [6, 6.07) is -0.497. The number of nitrogens with two attached hydrogens (primary N) is 3. The largest absolute Gasteiger partial charge is 0.481 e. The minimum absolute atomic E-state index is 0.0231. The number of nitrogens with zero attached hydrogens (tertiary/aromatic N) is 2. The number of hydrogen-bond donors (Lipinski definition) is 7. The van der Waals surface area contributed by atoms with E-state index in [1.807, 2.05) is 0 Å². The van der Waals surface area contributed by atoms with Crippen molar-refractivity contribution in [3.8, 4) is 0 Å². The number of aliphatic hydroxyl groups is 2. The average Bonchev–Trinajstić information content (AvgIpc) is 3.03. The molecule has 1 saturated heterocycles. The molecule has 0 spiro atoms. The zero-order chi connectivity index (χ0) is 26.2. The lowest BCUT2D eigenvalue weighted by Crippen LogP contribution is -2.40. The van der Waals surface area contributed by atoms with E-state index in [0.717, 1.165) is 4.57 Å². The molecular formula is C19H31N5O10. The molecule has 0 aliphatic carbocycles. The van der Waals surface area contributed by atoms with Gasteiger partial charge in [0.05, 0.1) is 0 Å². The third-order valence-electron chi connectivity index (χ3n) is 4.83. The number of anilines is 1. The lowest BCUT2D eigenvalue weighted by atomic mass is 10.1. The first-order valence-electron chi connectivity index (χ1n) is 10.2. The van der Waals surface area contributed by atoms with Crippen LogP contribution in [-0.2, 0) is 23.9 Å². The minimum atomic E-state index is -1.39. The first-order valence-corrected chi connectivity index (χ1v) is 10.2. The molecule has 6 atom stereocenters. The highest BCUT2D eigenvalue weighted by Crippen LogP contribution is 2.28. The van der Waals surface area contributed by atoms with Gasteiger partial charge in [-0.25, -0.2) is 4.79 Å². The Morgan fingerprint density at radius 1 is 1.21 bits per heavy atom. The van der Waals surface area contributed by atoms with Crippen molar-refractivity contribution in [2.45, 2.75) is 63.3 Å². The molecule has 15 heteroatoms. The smallest absolute Gasteiger partial charge is 0.351 e. The number of rotatable bonds is 9. The quantitative estimate of drug-likeness (QED) is 0.173. The van der Waals surface area contributed by atoms with E-state index in [2.05, 4.69) is 4.98 Å². The number of hydrogen-bond acceptors (Lipinski definition) is 12. The number of carboxylic acids is 2. The van der Waals surface area contributed by atoms with Crippen molar-refractivity contribution in [2.24, 2.45) is 17.4 Å². The Labute approximate surface area is 194 Å². The molecule has 34 heavy (non-hydrogen) atoms. The molecule has 0 amide bonds. The number of nitrogen functional groups attached to an aromatic ring is 1. The number of esters is 1. The van der Waals surface area contributed by atoms with Crippen LogP contribution >= 0.6 is 0 Å². The van der Waals surface area contributed by atoms with Gasteiger partial charge in [0.15, 0.2) is 6.23 Å². The van der Waals surface area contributed by atoms with Crippen LogP contribution in [0.3, 0.4) is 0 Å². The first-order chi connectivity index (χ1) is 15.8. The lowest BCUT2D eigenvalue weighted by Gasteiger charge is -2.18. The van der Waals surface area contributed by atoms with Gasteiger partial charge in [-0.15, -0.1) is 0 Å². The Kier molecular flexibility index (Phi) is 11.0. The molecule has 1 fully saturated rings. The summed E-state index contributed by atoms with van der Waals surface area (Å²) in [5, 5.41) is 36.4. The van der Waals surface area contributed by atoms with Crippen molar-refractivity contribution < 1.29 is 44.3 Å². The van der Waals surface area contributed by atoms with Gasteiger partial charge in [0.25, 0.3) is 0 Å². The van der Waals surface area contributed by atoms with Crippen LogP contribution in [0.25, 0.3) is 0 Å². The lowest BCUT2D eigenvalue weighted by molar-refractivity contribution is -0.152. The van der Waals surface area contributed by atoms with Gasteiger partial charge in [-0.3, -0.25) is 19.0 Å². The summed E-state index contributed by atoms with van der Waals surface area (Å²) < 4.78 is 11.5. The molecule has 1 aromatic rings. The maximum absolute atomic E-state index is 11.8. The van der Waals surface area contributed by atoms with Crippen LogP contribution in [0.2, 0.25) is 0 Å². The van der Waals surface area contributed by atoms with E-state index < -0.39 is 60.2 Å². The maximum Gasteiger partial charge on any atom is 0.351 e. The van der Waals surface area contributed by atoms with Crippen molar-refractivity contribution in [2.75, 3.05) is 12.3 Å². The van der Waals surface area contributed by atoms with Gasteiger partial charge < -0.3 is 47.1 Å². The fourth-order valence-corrected chi connectivity index (χ4v) is 2.65. The topological polar surface area (TPSA) is 264 Å². The van der Waals surface area contributed by atoms with E-state index in [9.17, 15) is 29.4 Å². The molecule has 1 aliphatic rings. The molecule has 192 valence electrons. The summed E-state index contributed by atoms with van der Waals surface area (Å²) >= 11 is 0. The fraction of sp³-hybridized carbons (Fsp3) is 0.632. The number of aliphatic hydroxyl groups excluding tert-OH is 2. The molecule has 0 saturated carbocycles. The van der Waals surface area contributed by atoms with Crippen molar-refractivity contribution in [1.29, 1.82) is 0 Å². The molecule has 0 radical (unpaired) electrons. The van der Waals surface area contributed by atoms with Gasteiger partial charge in [-0.1, -0.05) is 13.8 Å². The second kappa shape index (κ2) is 13.0. The second-order valence-corrected chi connectivity index (χ2v) is 7.87. The predicted molar refractivity (Wildman–Crippen MR) is 115 cm³/mol. The maximum atomic E-state index is 11.8. The molecule has 10 N–H and O–H groups in total. The number of carbonyl (C=O) groups is 3. The Hall–Kier alpha value is -3.11. The molecule has 0 aromatic carbocycles. The van der Waals surface area contributed by atoms with E-state index in [4.69, 9.17) is 36.9 Å². The molecule has 2 rings (SSSR count). The first kappa shape index (κ1) is 28.9. The normalized spacial score (nSPS) is 23.5. The van der Waals surface area contributed by atoms with Gasteiger partial charge in [-0.2, -0.15) is 4.98 Å². The Morgan fingerprint density at radius 3 is 2.32 bits per heavy atom. The van der Waals surface area contributed by atoms with Crippen LogP contribution < -0.4 is 22.9 Å². The highest BCUT2D eigenvalue weighted by atomic mass is 16.6. The van der Waals surface area contributed by atoms with Gasteiger partial charge >= 0.3 is 23.6 Å². The second-order valence-electron chi connectivity index (χ2n) is 7.87. The Bertz CT molecular complexity index is 908. The summed E-state index contributed by atoms with van der Waals surface area (Å²) in [5.41, 5.74) is 15.3. The summed E-state index contributed by atoms with van der Waals surface area (Å²) in [7, 11) is 0. The monoisotopic (exact) mass is 489 g/mol. The van der Waals surface area contributed by atoms with E-state index in [1.54, 1.807) is 13.8 Å². The van der Waals surface area contributed by atoms with E-state index >= 15 is 0 Å². The molecule has 1 aliphatic heterocycles. The zero-order valence-corrected chi connectivity index (χ0v) is 18.7. The van der Waals surface area contributed by atoms with Gasteiger partial charge in [0.2, 0.25) is 0 Å². The molecular weight excluding hydrogens is 458 g/mol. The highest BCUT2D eigenvalue weighted by Gasteiger charge is 2.44. The SMILES string of the molecule is CC(C)[C@H](N)C(=O)OC[C@H]1O[C@@H](n2ccc(N)nc2=O)[C@@H](O)[C@@H]1O.N[C@H](CCC(=O)O)C(=O)O. The molecule has 2 heterocycles. The third-order valence-corrected chi connectivity index (χ3v) is 4.83. The Morgan fingerprint density at radius 2 is 1.82 bits per heavy atom. The van der Waals surface area contributed by atoms with Crippen molar-refractivity contribution in [3.63, 3.8) is 0 Å². The van der Waals surface area contributed by atoms with Gasteiger partial charge in [0.1, 0.15) is 42.8 Å². The summed E-state index contributed by atoms with van der Waals surface area (Å²) in [6.07, 6.45) is -3.83. The molecule has 0 bridgehead atoms. The number of aromatic nitrogens is 2. The van der Waals surface area contributed by atoms with Crippen molar-refractivity contribution >= 4 is 23.7 Å². The molecule has 15 nitrogen and oxygen atoms in total.